The molecule has 0 spiro atoms. The number of hydrogen-bond acceptors (Lipinski definition) is 7. The fraction of sp³-hybridized carbons (Fsp3) is 0.222. The number of rotatable bonds is 10. The van der Waals surface area contributed by atoms with Crippen molar-refractivity contribution in [2.45, 2.75) is 27.4 Å². The second-order valence-electron chi connectivity index (χ2n) is 7.68. The van der Waals surface area contributed by atoms with Crippen LogP contribution < -0.4 is 14.8 Å². The van der Waals surface area contributed by atoms with Crippen molar-refractivity contribution in [1.29, 1.82) is 0 Å². The van der Waals surface area contributed by atoms with Crippen LogP contribution in [0.1, 0.15) is 50.6 Å². The lowest BCUT2D eigenvalue weighted by Gasteiger charge is -2.11. The number of ketones is 1. The number of amides is 1. The number of methoxy groups -OCH3 is 1. The van der Waals surface area contributed by atoms with E-state index in [-0.39, 0.29) is 23.0 Å². The average molecular weight is 528 g/mol. The Labute approximate surface area is 218 Å². The zero-order chi connectivity index (χ0) is 26.2. The zero-order valence-electron chi connectivity index (χ0n) is 20.3. The molecule has 1 amide bonds. The maximum atomic E-state index is 12.6. The highest BCUT2D eigenvalue weighted by Gasteiger charge is 2.24. The van der Waals surface area contributed by atoms with Gasteiger partial charge in [0.2, 0.25) is 5.91 Å². The predicted molar refractivity (Wildman–Crippen MR) is 141 cm³/mol. The van der Waals surface area contributed by atoms with Gasteiger partial charge in [-0.15, -0.1) is 11.3 Å². The predicted octanol–water partition coefficient (Wildman–Crippen LogP) is 6.33. The third-order valence-corrected chi connectivity index (χ3v) is 6.67. The Morgan fingerprint density at radius 3 is 2.44 bits per heavy atom. The van der Waals surface area contributed by atoms with Gasteiger partial charge in [0.15, 0.2) is 17.3 Å². The van der Waals surface area contributed by atoms with E-state index in [1.165, 1.54) is 20.1 Å². The number of carbonyl (C=O) groups excluding carboxylic acids is 3. The molecule has 1 N–H and O–H groups in total. The van der Waals surface area contributed by atoms with Crippen molar-refractivity contribution < 1.29 is 28.6 Å². The quantitative estimate of drug-likeness (QED) is 0.188. The summed E-state index contributed by atoms with van der Waals surface area (Å²) in [5.41, 5.74) is 2.35. The molecule has 0 aliphatic heterocycles. The Hall–Kier alpha value is -3.62. The number of ether oxygens (including phenoxy) is 3. The third kappa shape index (κ3) is 6.74. The van der Waals surface area contributed by atoms with E-state index >= 15 is 0 Å². The van der Waals surface area contributed by atoms with Gasteiger partial charge in [-0.25, -0.2) is 4.79 Å². The van der Waals surface area contributed by atoms with Gasteiger partial charge in [-0.1, -0.05) is 29.8 Å². The lowest BCUT2D eigenvalue weighted by atomic mass is 10.1. The summed E-state index contributed by atoms with van der Waals surface area (Å²) in [5, 5.41) is 3.62. The molecule has 0 saturated carbocycles. The lowest BCUT2D eigenvalue weighted by Crippen LogP contribution is -2.12. The minimum absolute atomic E-state index is 0.179. The highest BCUT2D eigenvalue weighted by atomic mass is 35.5. The first-order valence-electron chi connectivity index (χ1n) is 11.1. The third-order valence-electron chi connectivity index (χ3n) is 5.11. The van der Waals surface area contributed by atoms with Crippen LogP contribution in [0, 0.1) is 6.92 Å². The van der Waals surface area contributed by atoms with Crippen LogP contribution in [-0.2, 0) is 16.1 Å². The largest absolute Gasteiger partial charge is 0.493 e. The van der Waals surface area contributed by atoms with E-state index in [0.29, 0.717) is 39.1 Å². The van der Waals surface area contributed by atoms with Crippen molar-refractivity contribution in [3.05, 3.63) is 80.7 Å². The molecule has 9 heteroatoms. The molecule has 188 valence electrons. The highest BCUT2D eigenvalue weighted by molar-refractivity contribution is 7.18. The molecule has 0 aliphatic carbocycles. The number of carbonyl (C=O) groups is 3. The van der Waals surface area contributed by atoms with E-state index < -0.39 is 11.9 Å². The van der Waals surface area contributed by atoms with E-state index in [1.54, 1.807) is 50.3 Å². The summed E-state index contributed by atoms with van der Waals surface area (Å²) in [4.78, 5) is 37.4. The van der Waals surface area contributed by atoms with Crippen LogP contribution in [-0.4, -0.2) is 31.4 Å². The molecule has 36 heavy (non-hydrogen) atoms. The van der Waals surface area contributed by atoms with Crippen molar-refractivity contribution in [3.8, 4) is 11.5 Å². The smallest absolute Gasteiger partial charge is 0.341 e. The second kappa shape index (κ2) is 12.4. The van der Waals surface area contributed by atoms with Crippen LogP contribution in [0.4, 0.5) is 5.00 Å². The summed E-state index contributed by atoms with van der Waals surface area (Å²) in [5.74, 6) is -0.171. The first-order valence-corrected chi connectivity index (χ1v) is 12.3. The monoisotopic (exact) mass is 527 g/mol. The van der Waals surface area contributed by atoms with Crippen molar-refractivity contribution in [1.82, 2.24) is 0 Å². The fourth-order valence-electron chi connectivity index (χ4n) is 3.36. The average Bonchev–Trinajstić information content (AvgIpc) is 3.18. The first kappa shape index (κ1) is 27.0. The number of benzene rings is 2. The topological polar surface area (TPSA) is 90.9 Å². The van der Waals surface area contributed by atoms with Gasteiger partial charge < -0.3 is 19.5 Å². The summed E-state index contributed by atoms with van der Waals surface area (Å²) in [7, 11) is 1.54. The molecule has 1 aromatic heterocycles. The molecule has 0 saturated heterocycles. The van der Waals surface area contributed by atoms with E-state index in [1.807, 2.05) is 12.1 Å². The van der Waals surface area contributed by atoms with Crippen LogP contribution in [0.3, 0.4) is 0 Å². The van der Waals surface area contributed by atoms with Gasteiger partial charge in [0.25, 0.3) is 0 Å². The molecule has 1 heterocycles. The highest BCUT2D eigenvalue weighted by Crippen LogP contribution is 2.34. The van der Waals surface area contributed by atoms with Gasteiger partial charge in [0, 0.05) is 11.1 Å². The zero-order valence-corrected chi connectivity index (χ0v) is 21.9. The molecule has 7 nitrogen and oxygen atoms in total. The van der Waals surface area contributed by atoms with Gasteiger partial charge in [0.1, 0.15) is 11.6 Å². The molecule has 0 fully saturated rings. The SMILES string of the molecule is CCOC(=O)c1c(NC(=O)/C=C/c2ccc(OCc3ccc(Cl)cc3)c(OC)c2)sc(C(C)=O)c1C. The molecule has 0 aliphatic rings. The Bertz CT molecular complexity index is 1300. The van der Waals surface area contributed by atoms with Gasteiger partial charge >= 0.3 is 5.97 Å². The van der Waals surface area contributed by atoms with Crippen molar-refractivity contribution in [2.24, 2.45) is 0 Å². The maximum absolute atomic E-state index is 12.6. The summed E-state index contributed by atoms with van der Waals surface area (Å²) in [6.45, 7) is 5.28. The number of nitrogens with one attached hydrogen (secondary N) is 1. The number of hydrogen-bond donors (Lipinski definition) is 1. The van der Waals surface area contributed by atoms with Gasteiger partial charge in [-0.3, -0.25) is 9.59 Å². The Balaban J connectivity index is 1.72. The first-order chi connectivity index (χ1) is 17.2. The van der Waals surface area contributed by atoms with E-state index in [2.05, 4.69) is 5.32 Å². The molecule has 3 rings (SSSR count). The Morgan fingerprint density at radius 1 is 1.08 bits per heavy atom. The Morgan fingerprint density at radius 2 is 1.81 bits per heavy atom. The molecule has 0 atom stereocenters. The van der Waals surface area contributed by atoms with E-state index in [4.69, 9.17) is 25.8 Å². The minimum Gasteiger partial charge on any atom is -0.493 e. The van der Waals surface area contributed by atoms with Crippen LogP contribution in [0.15, 0.2) is 48.5 Å². The van der Waals surface area contributed by atoms with Crippen molar-refractivity contribution in [3.63, 3.8) is 0 Å². The molecule has 0 radical (unpaired) electrons. The molecule has 2 aromatic carbocycles. The molecule has 0 unspecified atom stereocenters. The fourth-order valence-corrected chi connectivity index (χ4v) is 4.58. The van der Waals surface area contributed by atoms with Crippen molar-refractivity contribution >= 4 is 51.7 Å². The normalized spacial score (nSPS) is 10.8. The molecular weight excluding hydrogens is 502 g/mol. The van der Waals surface area contributed by atoms with E-state index in [9.17, 15) is 14.4 Å². The van der Waals surface area contributed by atoms with Gasteiger partial charge in [-0.2, -0.15) is 0 Å². The number of Topliss-reactive ketones (excluding diaryl/α,β-unsaturated/α-hetero) is 1. The molecular formula is C27H26ClNO6S. The Kier molecular flexibility index (Phi) is 9.27. The molecule has 3 aromatic rings. The summed E-state index contributed by atoms with van der Waals surface area (Å²) in [6, 6.07) is 12.6. The summed E-state index contributed by atoms with van der Waals surface area (Å²) < 4.78 is 16.4. The number of anilines is 1. The van der Waals surface area contributed by atoms with Gasteiger partial charge in [-0.05, 0) is 67.8 Å². The standard InChI is InChI=1S/C27H26ClNO6S/c1-5-34-27(32)24-16(2)25(17(3)30)36-26(24)29-23(31)13-9-18-8-12-21(22(14-18)33-4)35-15-19-6-10-20(28)11-7-19/h6-14H,5,15H2,1-4H3,(H,29,31)/b13-9+. The molecule has 0 bridgehead atoms. The van der Waals surface area contributed by atoms with Crippen LogP contribution >= 0.6 is 22.9 Å². The second-order valence-corrected chi connectivity index (χ2v) is 9.14. The van der Waals surface area contributed by atoms with Crippen LogP contribution in [0.25, 0.3) is 6.08 Å². The summed E-state index contributed by atoms with van der Waals surface area (Å²) >= 11 is 6.97. The number of esters is 1. The maximum Gasteiger partial charge on any atom is 0.341 e. The summed E-state index contributed by atoms with van der Waals surface area (Å²) in [6.07, 6.45) is 2.94. The minimum atomic E-state index is -0.586. The van der Waals surface area contributed by atoms with E-state index in [0.717, 1.165) is 16.9 Å². The van der Waals surface area contributed by atoms with Crippen LogP contribution in [0.5, 0.6) is 11.5 Å². The lowest BCUT2D eigenvalue weighted by molar-refractivity contribution is -0.111. The van der Waals surface area contributed by atoms with Gasteiger partial charge in [0.05, 0.1) is 24.2 Å². The number of thiophene rings is 1. The van der Waals surface area contributed by atoms with Crippen molar-refractivity contribution in [2.75, 3.05) is 19.0 Å². The van der Waals surface area contributed by atoms with Crippen LogP contribution in [0.2, 0.25) is 5.02 Å². The number of halogens is 1.